The molecule has 23 heavy (non-hydrogen) atoms. The molecule has 6 nitrogen and oxygen atoms in total. The number of nitrogens with zero attached hydrogens (tertiary/aromatic N) is 2. The monoisotopic (exact) mass is 319 g/mol. The highest BCUT2D eigenvalue weighted by atomic mass is 16.5. The first-order chi connectivity index (χ1) is 11.2. The number of fused-ring (bicyclic) bond motifs is 1. The fourth-order valence-electron chi connectivity index (χ4n) is 3.11. The molecule has 1 aliphatic heterocycles. The number of rotatable bonds is 6. The smallest absolute Gasteiger partial charge is 0.268 e. The minimum Gasteiger partial charge on any atom is -0.460 e. The summed E-state index contributed by atoms with van der Waals surface area (Å²) in [6.45, 7) is 10.0. The van der Waals surface area contributed by atoms with E-state index in [2.05, 4.69) is 10.2 Å². The van der Waals surface area contributed by atoms with Gasteiger partial charge in [0.25, 0.3) is 5.91 Å². The zero-order chi connectivity index (χ0) is 16.2. The first-order valence-corrected chi connectivity index (χ1v) is 8.37. The number of nitrogens with one attached hydrogen (secondary N) is 1. The second kappa shape index (κ2) is 7.19. The van der Waals surface area contributed by atoms with Gasteiger partial charge in [0.1, 0.15) is 11.5 Å². The second-order valence-electron chi connectivity index (χ2n) is 5.94. The van der Waals surface area contributed by atoms with E-state index in [1.165, 1.54) is 0 Å². The molecule has 6 heteroatoms. The van der Waals surface area contributed by atoms with Gasteiger partial charge < -0.3 is 19.0 Å². The molecule has 1 amide bonds. The van der Waals surface area contributed by atoms with Crippen LogP contribution in [0, 0.1) is 6.92 Å². The van der Waals surface area contributed by atoms with Crippen LogP contribution in [0.1, 0.15) is 29.6 Å². The maximum absolute atomic E-state index is 12.4. The van der Waals surface area contributed by atoms with Crippen LogP contribution in [0.25, 0.3) is 11.1 Å². The van der Waals surface area contributed by atoms with Crippen LogP contribution in [0.5, 0.6) is 0 Å². The highest BCUT2D eigenvalue weighted by Crippen LogP contribution is 2.23. The van der Waals surface area contributed by atoms with Gasteiger partial charge in [0.2, 0.25) is 0 Å². The largest absolute Gasteiger partial charge is 0.460 e. The lowest BCUT2D eigenvalue weighted by atomic mass is 10.3. The number of hydrogen-bond donors (Lipinski definition) is 1. The number of carbonyl (C=O) groups is 1. The summed E-state index contributed by atoms with van der Waals surface area (Å²) in [5.74, 6) is 0.840. The Morgan fingerprint density at radius 3 is 2.83 bits per heavy atom. The van der Waals surface area contributed by atoms with E-state index in [4.69, 9.17) is 9.15 Å². The van der Waals surface area contributed by atoms with Crippen LogP contribution in [-0.4, -0.2) is 54.8 Å². The van der Waals surface area contributed by atoms with E-state index in [9.17, 15) is 4.79 Å². The molecule has 0 saturated carbocycles. The Morgan fingerprint density at radius 1 is 1.30 bits per heavy atom. The van der Waals surface area contributed by atoms with E-state index >= 15 is 0 Å². The predicted molar refractivity (Wildman–Crippen MR) is 88.8 cm³/mol. The number of aryl methyl sites for hydroxylation is 2. The van der Waals surface area contributed by atoms with E-state index < -0.39 is 0 Å². The highest BCUT2D eigenvalue weighted by molar-refractivity contribution is 5.97. The molecule has 1 saturated heterocycles. The third kappa shape index (κ3) is 3.59. The Labute approximate surface area is 136 Å². The van der Waals surface area contributed by atoms with Crippen molar-refractivity contribution in [2.45, 2.75) is 26.8 Å². The summed E-state index contributed by atoms with van der Waals surface area (Å²) >= 11 is 0. The van der Waals surface area contributed by atoms with Crippen LogP contribution in [-0.2, 0) is 11.3 Å². The molecule has 2 aromatic rings. The molecule has 126 valence electrons. The lowest BCUT2D eigenvalue weighted by Crippen LogP contribution is -2.38. The standard InChI is InChI=1S/C17H25N3O3/c1-3-20-14-11-13(2)23-16(14)12-15(20)17(21)18-5-4-6-19-7-9-22-10-8-19/h11-12H,3-10H2,1-2H3,(H,18,21). The van der Waals surface area contributed by atoms with Gasteiger partial charge >= 0.3 is 0 Å². The van der Waals surface area contributed by atoms with Crippen LogP contribution in [0.2, 0.25) is 0 Å². The van der Waals surface area contributed by atoms with E-state index in [0.29, 0.717) is 12.2 Å². The van der Waals surface area contributed by atoms with Gasteiger partial charge in [-0.1, -0.05) is 0 Å². The van der Waals surface area contributed by atoms with Gasteiger partial charge in [0.15, 0.2) is 5.58 Å². The summed E-state index contributed by atoms with van der Waals surface area (Å²) in [5, 5.41) is 3.02. The molecule has 3 heterocycles. The Bertz CT molecular complexity index is 668. The molecule has 0 atom stereocenters. The van der Waals surface area contributed by atoms with Crippen molar-refractivity contribution in [3.05, 3.63) is 23.6 Å². The zero-order valence-corrected chi connectivity index (χ0v) is 13.9. The van der Waals surface area contributed by atoms with Crippen molar-refractivity contribution >= 4 is 17.0 Å². The van der Waals surface area contributed by atoms with Crippen molar-refractivity contribution in [3.8, 4) is 0 Å². The summed E-state index contributed by atoms with van der Waals surface area (Å²) in [7, 11) is 0. The Morgan fingerprint density at radius 2 is 2.09 bits per heavy atom. The summed E-state index contributed by atoms with van der Waals surface area (Å²) in [6, 6.07) is 3.82. The molecule has 1 aliphatic rings. The average Bonchev–Trinajstić information content (AvgIpc) is 3.08. The first kappa shape index (κ1) is 16.1. The van der Waals surface area contributed by atoms with Gasteiger partial charge in [0.05, 0.1) is 18.7 Å². The SMILES string of the molecule is CCn1c(C(=O)NCCCN2CCOCC2)cc2oc(C)cc21. The first-order valence-electron chi connectivity index (χ1n) is 8.37. The van der Waals surface area contributed by atoms with E-state index in [-0.39, 0.29) is 5.91 Å². The minimum absolute atomic E-state index is 0.0297. The van der Waals surface area contributed by atoms with Crippen LogP contribution in [0.15, 0.2) is 16.5 Å². The summed E-state index contributed by atoms with van der Waals surface area (Å²) in [4.78, 5) is 14.8. The number of amides is 1. The molecule has 2 aromatic heterocycles. The van der Waals surface area contributed by atoms with Gasteiger partial charge in [-0.3, -0.25) is 9.69 Å². The molecule has 0 bridgehead atoms. The highest BCUT2D eigenvalue weighted by Gasteiger charge is 2.17. The van der Waals surface area contributed by atoms with Gasteiger partial charge in [-0.25, -0.2) is 0 Å². The number of hydrogen-bond acceptors (Lipinski definition) is 4. The summed E-state index contributed by atoms with van der Waals surface area (Å²) in [6.07, 6.45) is 0.952. The molecular formula is C17H25N3O3. The lowest BCUT2D eigenvalue weighted by molar-refractivity contribution is 0.0374. The molecule has 0 spiro atoms. The summed E-state index contributed by atoms with van der Waals surface area (Å²) < 4.78 is 13.0. The van der Waals surface area contributed by atoms with Crippen molar-refractivity contribution in [3.63, 3.8) is 0 Å². The number of ether oxygens (including phenoxy) is 1. The Hall–Kier alpha value is -1.79. The van der Waals surface area contributed by atoms with E-state index in [1.54, 1.807) is 0 Å². The fourth-order valence-corrected chi connectivity index (χ4v) is 3.11. The predicted octanol–water partition coefficient (Wildman–Crippen LogP) is 2.01. The second-order valence-corrected chi connectivity index (χ2v) is 5.94. The van der Waals surface area contributed by atoms with Crippen molar-refractivity contribution < 1.29 is 13.9 Å². The van der Waals surface area contributed by atoms with Gasteiger partial charge in [-0.15, -0.1) is 0 Å². The molecule has 0 unspecified atom stereocenters. The van der Waals surface area contributed by atoms with E-state index in [1.807, 2.05) is 30.5 Å². The zero-order valence-electron chi connectivity index (χ0n) is 13.9. The third-order valence-electron chi connectivity index (χ3n) is 4.30. The van der Waals surface area contributed by atoms with Gasteiger partial charge in [-0.05, 0) is 26.8 Å². The molecule has 0 aliphatic carbocycles. The number of furan rings is 1. The number of morpholine rings is 1. The van der Waals surface area contributed by atoms with Crippen molar-refractivity contribution in [1.82, 2.24) is 14.8 Å². The lowest BCUT2D eigenvalue weighted by Gasteiger charge is -2.26. The van der Waals surface area contributed by atoms with Crippen molar-refractivity contribution in [2.24, 2.45) is 0 Å². The topological polar surface area (TPSA) is 59.6 Å². The normalized spacial score (nSPS) is 16.1. The summed E-state index contributed by atoms with van der Waals surface area (Å²) in [5.41, 5.74) is 2.44. The molecular weight excluding hydrogens is 294 g/mol. The van der Waals surface area contributed by atoms with Crippen molar-refractivity contribution in [2.75, 3.05) is 39.4 Å². The molecule has 0 radical (unpaired) electrons. The fraction of sp³-hybridized carbons (Fsp3) is 0.588. The quantitative estimate of drug-likeness (QED) is 0.828. The number of carbonyl (C=O) groups excluding carboxylic acids is 1. The Balaban J connectivity index is 1.54. The number of aromatic nitrogens is 1. The Kier molecular flexibility index (Phi) is 5.03. The van der Waals surface area contributed by atoms with E-state index in [0.717, 1.165) is 62.7 Å². The van der Waals surface area contributed by atoms with Crippen LogP contribution >= 0.6 is 0 Å². The van der Waals surface area contributed by atoms with Crippen molar-refractivity contribution in [1.29, 1.82) is 0 Å². The average molecular weight is 319 g/mol. The minimum atomic E-state index is -0.0297. The third-order valence-corrected chi connectivity index (χ3v) is 4.30. The van der Waals surface area contributed by atoms with Crippen LogP contribution < -0.4 is 5.32 Å². The molecule has 1 N–H and O–H groups in total. The van der Waals surface area contributed by atoms with Gasteiger partial charge in [-0.2, -0.15) is 0 Å². The molecule has 0 aromatic carbocycles. The maximum Gasteiger partial charge on any atom is 0.268 e. The molecule has 1 fully saturated rings. The maximum atomic E-state index is 12.4. The van der Waals surface area contributed by atoms with Gasteiger partial charge in [0, 0.05) is 38.3 Å². The van der Waals surface area contributed by atoms with Crippen LogP contribution in [0.3, 0.4) is 0 Å². The van der Waals surface area contributed by atoms with Crippen LogP contribution in [0.4, 0.5) is 0 Å². The molecule has 3 rings (SSSR count).